The molecule has 0 heterocycles. The predicted molar refractivity (Wildman–Crippen MR) is 99.1 cm³/mol. The van der Waals surface area contributed by atoms with Crippen molar-refractivity contribution in [1.82, 2.24) is 5.32 Å². The van der Waals surface area contributed by atoms with E-state index in [1.807, 2.05) is 6.07 Å². The maximum Gasteiger partial charge on any atom is 0.331 e. The quantitative estimate of drug-likeness (QED) is 0.556. The first-order chi connectivity index (χ1) is 13.1. The van der Waals surface area contributed by atoms with Crippen LogP contribution in [0.5, 0.6) is 11.5 Å². The van der Waals surface area contributed by atoms with Crippen LogP contribution in [0.2, 0.25) is 0 Å². The van der Waals surface area contributed by atoms with Crippen LogP contribution in [-0.4, -0.2) is 38.2 Å². The molecule has 0 bridgehead atoms. The molecule has 1 N–H and O–H groups in total. The van der Waals surface area contributed by atoms with Gasteiger partial charge in [-0.2, -0.15) is 5.26 Å². The average molecular weight is 372 g/mol. The van der Waals surface area contributed by atoms with Crippen LogP contribution >= 0.6 is 0 Å². The molecule has 0 atom stereocenters. The summed E-state index contributed by atoms with van der Waals surface area (Å²) < 4.78 is 15.4. The van der Waals surface area contributed by atoms with Crippen LogP contribution in [0.15, 0.2) is 24.3 Å². The Morgan fingerprint density at radius 3 is 2.74 bits per heavy atom. The Kier molecular flexibility index (Phi) is 8.17. The van der Waals surface area contributed by atoms with Crippen LogP contribution < -0.4 is 14.8 Å². The lowest BCUT2D eigenvalue weighted by atomic mass is 9.95. The van der Waals surface area contributed by atoms with E-state index in [1.54, 1.807) is 24.3 Å². The molecule has 1 saturated carbocycles. The molecule has 0 spiro atoms. The molecular formula is C20H24N2O5. The third kappa shape index (κ3) is 7.02. The third-order valence-electron chi connectivity index (χ3n) is 4.21. The first kappa shape index (κ1) is 20.3. The SMILES string of the molecule is COc1cc(C=CC(=O)OCC(=O)NC2CCCCC2)ccc1OCC#N. The van der Waals surface area contributed by atoms with E-state index in [0.29, 0.717) is 17.1 Å². The second-order valence-corrected chi connectivity index (χ2v) is 6.20. The molecule has 27 heavy (non-hydrogen) atoms. The molecule has 1 amide bonds. The molecular weight excluding hydrogens is 348 g/mol. The Morgan fingerprint density at radius 2 is 2.04 bits per heavy atom. The number of nitrogens with zero attached hydrogens (tertiary/aromatic N) is 1. The van der Waals surface area contributed by atoms with Crippen molar-refractivity contribution in [2.24, 2.45) is 0 Å². The monoisotopic (exact) mass is 372 g/mol. The van der Waals surface area contributed by atoms with E-state index in [9.17, 15) is 9.59 Å². The second kappa shape index (κ2) is 10.9. The number of benzene rings is 1. The zero-order valence-electron chi connectivity index (χ0n) is 15.4. The number of hydrogen-bond donors (Lipinski definition) is 1. The van der Waals surface area contributed by atoms with Crippen molar-refractivity contribution < 1.29 is 23.8 Å². The Hall–Kier alpha value is -3.01. The maximum absolute atomic E-state index is 11.8. The van der Waals surface area contributed by atoms with Gasteiger partial charge in [0.25, 0.3) is 5.91 Å². The highest BCUT2D eigenvalue weighted by Crippen LogP contribution is 2.28. The number of carbonyl (C=O) groups excluding carboxylic acids is 2. The first-order valence-corrected chi connectivity index (χ1v) is 8.94. The summed E-state index contributed by atoms with van der Waals surface area (Å²) in [6.07, 6.45) is 8.22. The minimum absolute atomic E-state index is 0.0825. The van der Waals surface area contributed by atoms with E-state index >= 15 is 0 Å². The fourth-order valence-corrected chi connectivity index (χ4v) is 2.88. The Bertz CT molecular complexity index is 718. The smallest absolute Gasteiger partial charge is 0.331 e. The van der Waals surface area contributed by atoms with Crippen molar-refractivity contribution in [3.63, 3.8) is 0 Å². The number of rotatable bonds is 8. The zero-order valence-corrected chi connectivity index (χ0v) is 15.4. The molecule has 1 aliphatic carbocycles. The van der Waals surface area contributed by atoms with Gasteiger partial charge in [-0.05, 0) is 36.6 Å². The Labute approximate surface area is 158 Å². The van der Waals surface area contributed by atoms with Gasteiger partial charge in [0.05, 0.1) is 7.11 Å². The number of amides is 1. The number of nitrogens with one attached hydrogen (secondary N) is 1. The topological polar surface area (TPSA) is 97.7 Å². The van der Waals surface area contributed by atoms with Gasteiger partial charge in [0.1, 0.15) is 6.07 Å². The van der Waals surface area contributed by atoms with Crippen LogP contribution in [-0.2, 0) is 14.3 Å². The van der Waals surface area contributed by atoms with Crippen molar-refractivity contribution in [3.8, 4) is 17.6 Å². The molecule has 7 heteroatoms. The van der Waals surface area contributed by atoms with Gasteiger partial charge in [0.2, 0.25) is 0 Å². The summed E-state index contributed by atoms with van der Waals surface area (Å²) in [5.74, 6) is 0.0210. The molecule has 1 aromatic carbocycles. The van der Waals surface area contributed by atoms with Gasteiger partial charge in [0.15, 0.2) is 24.7 Å². The maximum atomic E-state index is 11.8. The predicted octanol–water partition coefficient (Wildman–Crippen LogP) is 2.60. The molecule has 1 fully saturated rings. The Balaban J connectivity index is 1.81. The minimum atomic E-state index is -0.599. The summed E-state index contributed by atoms with van der Waals surface area (Å²) in [6.45, 7) is -0.370. The van der Waals surface area contributed by atoms with E-state index in [-0.39, 0.29) is 25.2 Å². The third-order valence-corrected chi connectivity index (χ3v) is 4.21. The first-order valence-electron chi connectivity index (χ1n) is 8.94. The van der Waals surface area contributed by atoms with Crippen molar-refractivity contribution >= 4 is 18.0 Å². The molecule has 0 radical (unpaired) electrons. The fraction of sp³-hybridized carbons (Fsp3) is 0.450. The summed E-state index contributed by atoms with van der Waals surface area (Å²) in [5, 5.41) is 11.5. The molecule has 0 aliphatic heterocycles. The molecule has 1 aliphatic rings. The van der Waals surface area contributed by atoms with Crippen LogP contribution in [0.4, 0.5) is 0 Å². The van der Waals surface area contributed by atoms with E-state index in [2.05, 4.69) is 5.32 Å². The highest BCUT2D eigenvalue weighted by atomic mass is 16.5. The van der Waals surface area contributed by atoms with Crippen LogP contribution in [0.3, 0.4) is 0 Å². The van der Waals surface area contributed by atoms with Crippen LogP contribution in [0.1, 0.15) is 37.7 Å². The number of nitriles is 1. The molecule has 1 aromatic rings. The molecule has 0 unspecified atom stereocenters. The summed E-state index contributed by atoms with van der Waals surface area (Å²) in [7, 11) is 1.49. The van der Waals surface area contributed by atoms with Gasteiger partial charge in [-0.25, -0.2) is 4.79 Å². The Morgan fingerprint density at radius 1 is 1.26 bits per heavy atom. The number of methoxy groups -OCH3 is 1. The lowest BCUT2D eigenvalue weighted by Crippen LogP contribution is -2.38. The van der Waals surface area contributed by atoms with E-state index in [1.165, 1.54) is 19.6 Å². The normalized spacial score (nSPS) is 14.4. The van der Waals surface area contributed by atoms with E-state index < -0.39 is 5.97 Å². The lowest BCUT2D eigenvalue weighted by Gasteiger charge is -2.22. The standard InChI is InChI=1S/C20H24N2O5/c1-25-18-13-15(7-9-17(18)26-12-11-21)8-10-20(24)27-14-19(23)22-16-5-3-2-4-6-16/h7-10,13,16H,2-6,12,14H2,1H3,(H,22,23). The van der Waals surface area contributed by atoms with Crippen LogP contribution in [0.25, 0.3) is 6.08 Å². The van der Waals surface area contributed by atoms with E-state index in [4.69, 9.17) is 19.5 Å². The number of ether oxygens (including phenoxy) is 3. The summed E-state index contributed by atoms with van der Waals surface area (Å²) in [5.41, 5.74) is 0.694. The summed E-state index contributed by atoms with van der Waals surface area (Å²) >= 11 is 0. The van der Waals surface area contributed by atoms with Gasteiger partial charge in [0, 0.05) is 12.1 Å². The van der Waals surface area contributed by atoms with Crippen molar-refractivity contribution in [2.45, 2.75) is 38.1 Å². The van der Waals surface area contributed by atoms with Crippen molar-refractivity contribution in [3.05, 3.63) is 29.8 Å². The number of carbonyl (C=O) groups is 2. The second-order valence-electron chi connectivity index (χ2n) is 6.20. The minimum Gasteiger partial charge on any atom is -0.493 e. The molecule has 0 saturated heterocycles. The van der Waals surface area contributed by atoms with Gasteiger partial charge >= 0.3 is 5.97 Å². The van der Waals surface area contributed by atoms with Crippen molar-refractivity contribution in [1.29, 1.82) is 5.26 Å². The van der Waals surface area contributed by atoms with Crippen molar-refractivity contribution in [2.75, 3.05) is 20.3 Å². The molecule has 0 aromatic heterocycles. The highest BCUT2D eigenvalue weighted by molar-refractivity contribution is 5.89. The van der Waals surface area contributed by atoms with Crippen LogP contribution in [0, 0.1) is 11.3 Å². The highest BCUT2D eigenvalue weighted by Gasteiger charge is 2.16. The van der Waals surface area contributed by atoms with Gasteiger partial charge in [-0.1, -0.05) is 25.3 Å². The number of hydrogen-bond acceptors (Lipinski definition) is 6. The molecule has 144 valence electrons. The number of esters is 1. The van der Waals surface area contributed by atoms with Gasteiger partial charge in [-0.3, -0.25) is 4.79 Å². The lowest BCUT2D eigenvalue weighted by molar-refractivity contribution is -0.144. The van der Waals surface area contributed by atoms with E-state index in [0.717, 1.165) is 25.7 Å². The average Bonchev–Trinajstić information content (AvgIpc) is 2.70. The summed E-state index contributed by atoms with van der Waals surface area (Å²) in [4.78, 5) is 23.6. The largest absolute Gasteiger partial charge is 0.493 e. The van der Waals surface area contributed by atoms with Gasteiger partial charge in [-0.15, -0.1) is 0 Å². The molecule has 7 nitrogen and oxygen atoms in total. The zero-order chi connectivity index (χ0) is 19.5. The fourth-order valence-electron chi connectivity index (χ4n) is 2.88. The van der Waals surface area contributed by atoms with Gasteiger partial charge < -0.3 is 19.5 Å². The summed E-state index contributed by atoms with van der Waals surface area (Å²) in [6, 6.07) is 7.12. The molecule has 2 rings (SSSR count).